The van der Waals surface area contributed by atoms with Crippen molar-refractivity contribution in [3.63, 3.8) is 0 Å². The minimum Gasteiger partial charge on any atom is -0.377 e. The van der Waals surface area contributed by atoms with Gasteiger partial charge in [-0.25, -0.2) is 0 Å². The molecule has 2 heterocycles. The summed E-state index contributed by atoms with van der Waals surface area (Å²) in [6.07, 6.45) is 3.08. The van der Waals surface area contributed by atoms with Crippen LogP contribution in [0.5, 0.6) is 0 Å². The molecule has 0 aromatic heterocycles. The summed E-state index contributed by atoms with van der Waals surface area (Å²) in [5, 5.41) is 0. The van der Waals surface area contributed by atoms with Gasteiger partial charge in [-0.05, 0) is 47.1 Å². The highest BCUT2D eigenvalue weighted by Gasteiger charge is 2.28. The average molecular weight is 297 g/mol. The van der Waals surface area contributed by atoms with Crippen molar-refractivity contribution >= 4 is 0 Å². The summed E-state index contributed by atoms with van der Waals surface area (Å²) in [6, 6.07) is 1.47. The van der Waals surface area contributed by atoms with Gasteiger partial charge in [-0.1, -0.05) is 0 Å². The molecule has 0 spiro atoms. The number of hydrogen-bond acceptors (Lipinski definition) is 4. The molecule has 2 aliphatic rings. The Morgan fingerprint density at radius 2 is 1.71 bits per heavy atom. The molecule has 1 unspecified atom stereocenters. The standard InChI is InChI=1S/C17H35N3O/c1-15(2)19-8-10-20(11-9-19)17-6-5-7-18(14-17)12-13-21-16(3)4/h15-17H,5-14H2,1-4H3. The lowest BCUT2D eigenvalue weighted by atomic mass is 10.0. The second-order valence-electron chi connectivity index (χ2n) is 7.18. The maximum Gasteiger partial charge on any atom is 0.0596 e. The van der Waals surface area contributed by atoms with Crippen LogP contribution >= 0.6 is 0 Å². The van der Waals surface area contributed by atoms with Crippen LogP contribution in [0.4, 0.5) is 0 Å². The van der Waals surface area contributed by atoms with Gasteiger partial charge in [0.05, 0.1) is 12.7 Å². The molecule has 2 fully saturated rings. The fourth-order valence-electron chi connectivity index (χ4n) is 3.57. The van der Waals surface area contributed by atoms with Crippen molar-refractivity contribution in [2.75, 3.05) is 52.4 Å². The minimum atomic E-state index is 0.356. The van der Waals surface area contributed by atoms with Crippen molar-refractivity contribution in [1.29, 1.82) is 0 Å². The number of hydrogen-bond donors (Lipinski definition) is 0. The Hall–Kier alpha value is -0.160. The van der Waals surface area contributed by atoms with E-state index in [1.807, 2.05) is 0 Å². The van der Waals surface area contributed by atoms with Gasteiger partial charge >= 0.3 is 0 Å². The first kappa shape index (κ1) is 17.2. The molecular formula is C17H35N3O. The number of ether oxygens (including phenoxy) is 1. The third-order valence-corrected chi connectivity index (χ3v) is 4.93. The minimum absolute atomic E-state index is 0.356. The van der Waals surface area contributed by atoms with Gasteiger partial charge in [0.1, 0.15) is 0 Å². The predicted molar refractivity (Wildman–Crippen MR) is 88.8 cm³/mol. The van der Waals surface area contributed by atoms with E-state index in [0.717, 1.165) is 19.2 Å². The van der Waals surface area contributed by atoms with Gasteiger partial charge in [0.15, 0.2) is 0 Å². The molecule has 0 amide bonds. The number of likely N-dealkylation sites (tertiary alicyclic amines) is 1. The zero-order chi connectivity index (χ0) is 15.2. The highest BCUT2D eigenvalue weighted by molar-refractivity contribution is 4.84. The zero-order valence-corrected chi connectivity index (χ0v) is 14.6. The molecule has 2 saturated heterocycles. The lowest BCUT2D eigenvalue weighted by molar-refractivity contribution is 0.0214. The fourth-order valence-corrected chi connectivity index (χ4v) is 3.57. The molecule has 0 aliphatic carbocycles. The van der Waals surface area contributed by atoms with Crippen LogP contribution in [0.3, 0.4) is 0 Å². The third kappa shape index (κ3) is 5.51. The molecule has 0 bridgehead atoms. The molecular weight excluding hydrogens is 262 g/mol. The van der Waals surface area contributed by atoms with Crippen LogP contribution in [0.15, 0.2) is 0 Å². The van der Waals surface area contributed by atoms with E-state index in [2.05, 4.69) is 42.4 Å². The maximum atomic E-state index is 5.70. The third-order valence-electron chi connectivity index (χ3n) is 4.93. The highest BCUT2D eigenvalue weighted by atomic mass is 16.5. The van der Waals surface area contributed by atoms with E-state index < -0.39 is 0 Å². The lowest BCUT2D eigenvalue weighted by Crippen LogP contribution is -2.56. The molecule has 2 rings (SSSR count). The van der Waals surface area contributed by atoms with E-state index >= 15 is 0 Å². The van der Waals surface area contributed by atoms with Crippen LogP contribution in [0.1, 0.15) is 40.5 Å². The van der Waals surface area contributed by atoms with Crippen molar-refractivity contribution < 1.29 is 4.74 Å². The average Bonchev–Trinajstić information content (AvgIpc) is 2.47. The van der Waals surface area contributed by atoms with Crippen molar-refractivity contribution in [1.82, 2.24) is 14.7 Å². The summed E-state index contributed by atoms with van der Waals surface area (Å²) in [6.45, 7) is 18.3. The number of rotatable bonds is 6. The molecule has 4 nitrogen and oxygen atoms in total. The Balaban J connectivity index is 1.71. The SMILES string of the molecule is CC(C)OCCN1CCCC(N2CCN(C(C)C)CC2)C1. The van der Waals surface area contributed by atoms with Crippen molar-refractivity contribution in [2.45, 2.75) is 58.7 Å². The van der Waals surface area contributed by atoms with E-state index in [1.54, 1.807) is 0 Å². The topological polar surface area (TPSA) is 19.0 Å². The summed E-state index contributed by atoms with van der Waals surface area (Å²) in [5.74, 6) is 0. The predicted octanol–water partition coefficient (Wildman–Crippen LogP) is 1.90. The molecule has 21 heavy (non-hydrogen) atoms. The molecule has 124 valence electrons. The number of piperazine rings is 1. The Labute approximate surface area is 131 Å². The molecule has 4 heteroatoms. The highest BCUT2D eigenvalue weighted by Crippen LogP contribution is 2.18. The fraction of sp³-hybridized carbons (Fsp3) is 1.00. The molecule has 1 atom stereocenters. The van der Waals surface area contributed by atoms with Gasteiger partial charge in [0.25, 0.3) is 0 Å². The van der Waals surface area contributed by atoms with Crippen LogP contribution < -0.4 is 0 Å². The maximum absolute atomic E-state index is 5.70. The molecule has 0 saturated carbocycles. The van der Waals surface area contributed by atoms with Gasteiger partial charge < -0.3 is 4.74 Å². The van der Waals surface area contributed by atoms with Crippen molar-refractivity contribution in [3.05, 3.63) is 0 Å². The molecule has 0 N–H and O–H groups in total. The summed E-state index contributed by atoms with van der Waals surface area (Å²) in [7, 11) is 0. The van der Waals surface area contributed by atoms with Crippen LogP contribution in [0.2, 0.25) is 0 Å². The van der Waals surface area contributed by atoms with E-state index in [1.165, 1.54) is 52.1 Å². The Bertz CT molecular complexity index is 288. The molecule has 0 radical (unpaired) electrons. The second kappa shape index (κ2) is 8.47. The van der Waals surface area contributed by atoms with Gasteiger partial charge in [0, 0.05) is 51.4 Å². The first-order valence-electron chi connectivity index (χ1n) is 8.88. The normalized spacial score (nSPS) is 26.9. The first-order valence-corrected chi connectivity index (χ1v) is 8.88. The monoisotopic (exact) mass is 297 g/mol. The molecule has 2 aliphatic heterocycles. The summed E-state index contributed by atoms with van der Waals surface area (Å²) in [5.41, 5.74) is 0. The van der Waals surface area contributed by atoms with Crippen LogP contribution in [0.25, 0.3) is 0 Å². The van der Waals surface area contributed by atoms with E-state index in [-0.39, 0.29) is 0 Å². The molecule has 0 aromatic rings. The van der Waals surface area contributed by atoms with Crippen molar-refractivity contribution in [2.24, 2.45) is 0 Å². The summed E-state index contributed by atoms with van der Waals surface area (Å²) >= 11 is 0. The van der Waals surface area contributed by atoms with E-state index in [4.69, 9.17) is 4.74 Å². The van der Waals surface area contributed by atoms with Gasteiger partial charge in [-0.2, -0.15) is 0 Å². The lowest BCUT2D eigenvalue weighted by Gasteiger charge is -2.44. The first-order chi connectivity index (χ1) is 10.1. The second-order valence-corrected chi connectivity index (χ2v) is 7.18. The van der Waals surface area contributed by atoms with Crippen LogP contribution in [0, 0.1) is 0 Å². The Morgan fingerprint density at radius 1 is 1.00 bits per heavy atom. The number of nitrogens with zero attached hydrogens (tertiary/aromatic N) is 3. The zero-order valence-electron chi connectivity index (χ0n) is 14.6. The van der Waals surface area contributed by atoms with Gasteiger partial charge in [-0.3, -0.25) is 14.7 Å². The van der Waals surface area contributed by atoms with Crippen LogP contribution in [-0.2, 0) is 4.74 Å². The van der Waals surface area contributed by atoms with Gasteiger partial charge in [-0.15, -0.1) is 0 Å². The van der Waals surface area contributed by atoms with Crippen LogP contribution in [-0.4, -0.2) is 85.3 Å². The summed E-state index contributed by atoms with van der Waals surface area (Å²) in [4.78, 5) is 7.94. The Kier molecular flexibility index (Phi) is 6.93. The largest absolute Gasteiger partial charge is 0.377 e. The summed E-state index contributed by atoms with van der Waals surface area (Å²) < 4.78 is 5.70. The number of piperidine rings is 1. The van der Waals surface area contributed by atoms with E-state index in [9.17, 15) is 0 Å². The van der Waals surface area contributed by atoms with Gasteiger partial charge in [0.2, 0.25) is 0 Å². The quantitative estimate of drug-likeness (QED) is 0.745. The smallest absolute Gasteiger partial charge is 0.0596 e. The Morgan fingerprint density at radius 3 is 2.33 bits per heavy atom. The molecule has 0 aromatic carbocycles. The van der Waals surface area contributed by atoms with E-state index in [0.29, 0.717) is 12.1 Å². The van der Waals surface area contributed by atoms with Crippen molar-refractivity contribution in [3.8, 4) is 0 Å².